The molecular formula is C13H15N3O3. The molecule has 2 aromatic rings. The molecule has 1 N–H and O–H groups in total. The molecule has 0 saturated heterocycles. The number of aryl methyl sites for hydroxylation is 2. The average Bonchev–Trinajstić information content (AvgIpc) is 3.13. The standard InChI is InChI=1S/C13H15N3O3/c1-7-5-9-11(8-3-4-8)15-16(2)12(9)14-13(7)19-6-10(17)18/h5,8H,3-4,6H2,1-2H3,(H,17,18). The predicted octanol–water partition coefficient (Wildman–Crippen LogP) is 1.62. The summed E-state index contributed by atoms with van der Waals surface area (Å²) in [4.78, 5) is 14.9. The van der Waals surface area contributed by atoms with Crippen LogP contribution >= 0.6 is 0 Å². The highest BCUT2D eigenvalue weighted by Gasteiger charge is 2.29. The van der Waals surface area contributed by atoms with Gasteiger partial charge in [-0.05, 0) is 25.8 Å². The monoisotopic (exact) mass is 261 g/mol. The summed E-state index contributed by atoms with van der Waals surface area (Å²) < 4.78 is 6.93. The fourth-order valence-corrected chi connectivity index (χ4v) is 2.22. The van der Waals surface area contributed by atoms with E-state index in [0.717, 1.165) is 22.3 Å². The van der Waals surface area contributed by atoms with Gasteiger partial charge in [-0.3, -0.25) is 4.68 Å². The molecule has 0 atom stereocenters. The van der Waals surface area contributed by atoms with Crippen LogP contribution in [0.1, 0.15) is 30.0 Å². The maximum atomic E-state index is 10.5. The topological polar surface area (TPSA) is 77.2 Å². The van der Waals surface area contributed by atoms with Crippen LogP contribution < -0.4 is 4.74 Å². The third-order valence-electron chi connectivity index (χ3n) is 3.28. The van der Waals surface area contributed by atoms with Crippen LogP contribution in [-0.4, -0.2) is 32.4 Å². The number of ether oxygens (including phenoxy) is 1. The number of carboxylic acid groups (broad SMARTS) is 1. The zero-order valence-electron chi connectivity index (χ0n) is 10.9. The molecule has 19 heavy (non-hydrogen) atoms. The Morgan fingerprint density at radius 3 is 2.95 bits per heavy atom. The number of fused-ring (bicyclic) bond motifs is 1. The molecule has 1 aliphatic rings. The van der Waals surface area contributed by atoms with Gasteiger partial charge in [0.25, 0.3) is 0 Å². The number of hydrogen-bond acceptors (Lipinski definition) is 4. The molecule has 0 bridgehead atoms. The number of hydrogen-bond donors (Lipinski definition) is 1. The van der Waals surface area contributed by atoms with Crippen molar-refractivity contribution in [1.82, 2.24) is 14.8 Å². The number of carboxylic acids is 1. The van der Waals surface area contributed by atoms with E-state index in [1.54, 1.807) is 4.68 Å². The van der Waals surface area contributed by atoms with Crippen molar-refractivity contribution >= 4 is 17.0 Å². The van der Waals surface area contributed by atoms with Crippen molar-refractivity contribution < 1.29 is 14.6 Å². The third-order valence-corrected chi connectivity index (χ3v) is 3.28. The molecule has 1 saturated carbocycles. The zero-order chi connectivity index (χ0) is 13.6. The van der Waals surface area contributed by atoms with Crippen molar-refractivity contribution in [2.45, 2.75) is 25.7 Å². The van der Waals surface area contributed by atoms with Gasteiger partial charge >= 0.3 is 5.97 Å². The number of pyridine rings is 1. The SMILES string of the molecule is Cc1cc2c(C3CC3)nn(C)c2nc1OCC(=O)O. The van der Waals surface area contributed by atoms with E-state index in [1.165, 1.54) is 12.8 Å². The quantitative estimate of drug-likeness (QED) is 0.904. The predicted molar refractivity (Wildman–Crippen MR) is 68.4 cm³/mol. The van der Waals surface area contributed by atoms with Crippen LogP contribution in [-0.2, 0) is 11.8 Å². The van der Waals surface area contributed by atoms with E-state index in [9.17, 15) is 4.79 Å². The molecule has 2 aromatic heterocycles. The van der Waals surface area contributed by atoms with Crippen molar-refractivity contribution in [3.8, 4) is 5.88 Å². The van der Waals surface area contributed by atoms with E-state index in [2.05, 4.69) is 10.1 Å². The molecular weight excluding hydrogens is 246 g/mol. The average molecular weight is 261 g/mol. The van der Waals surface area contributed by atoms with Gasteiger partial charge in [0, 0.05) is 23.9 Å². The lowest BCUT2D eigenvalue weighted by molar-refractivity contribution is -0.139. The largest absolute Gasteiger partial charge is 0.479 e. The first-order valence-electron chi connectivity index (χ1n) is 6.25. The molecule has 0 aliphatic heterocycles. The van der Waals surface area contributed by atoms with E-state index in [1.807, 2.05) is 20.0 Å². The van der Waals surface area contributed by atoms with E-state index in [4.69, 9.17) is 9.84 Å². The highest BCUT2D eigenvalue weighted by Crippen LogP contribution is 2.42. The van der Waals surface area contributed by atoms with E-state index < -0.39 is 5.97 Å². The van der Waals surface area contributed by atoms with Crippen LogP contribution in [0.5, 0.6) is 5.88 Å². The maximum absolute atomic E-state index is 10.5. The van der Waals surface area contributed by atoms with E-state index in [0.29, 0.717) is 11.8 Å². The molecule has 2 heterocycles. The van der Waals surface area contributed by atoms with Crippen LogP contribution in [0.4, 0.5) is 0 Å². The number of rotatable bonds is 4. The third kappa shape index (κ3) is 2.14. The lowest BCUT2D eigenvalue weighted by Gasteiger charge is -2.06. The molecule has 0 amide bonds. The van der Waals surface area contributed by atoms with Gasteiger partial charge in [-0.2, -0.15) is 10.1 Å². The molecule has 6 nitrogen and oxygen atoms in total. The van der Waals surface area contributed by atoms with Gasteiger partial charge in [0.05, 0.1) is 5.69 Å². The highest BCUT2D eigenvalue weighted by atomic mass is 16.5. The van der Waals surface area contributed by atoms with Crippen molar-refractivity contribution in [3.05, 3.63) is 17.3 Å². The van der Waals surface area contributed by atoms with Gasteiger partial charge in [-0.15, -0.1) is 0 Å². The number of aromatic nitrogens is 3. The van der Waals surface area contributed by atoms with Crippen LogP contribution in [0.2, 0.25) is 0 Å². The van der Waals surface area contributed by atoms with Gasteiger partial charge in [-0.1, -0.05) is 0 Å². The molecule has 0 spiro atoms. The van der Waals surface area contributed by atoms with E-state index >= 15 is 0 Å². The Labute approximate surface area is 110 Å². The normalized spacial score (nSPS) is 14.8. The zero-order valence-corrected chi connectivity index (χ0v) is 10.9. The molecule has 3 rings (SSSR count). The minimum atomic E-state index is -1.01. The molecule has 1 aliphatic carbocycles. The summed E-state index contributed by atoms with van der Waals surface area (Å²) in [5.74, 6) is -0.0964. The van der Waals surface area contributed by atoms with Crippen LogP contribution in [0.15, 0.2) is 6.07 Å². The maximum Gasteiger partial charge on any atom is 0.341 e. The minimum Gasteiger partial charge on any atom is -0.479 e. The van der Waals surface area contributed by atoms with Crippen LogP contribution in [0, 0.1) is 6.92 Å². The Hall–Kier alpha value is -2.11. The Bertz CT molecular complexity index is 659. The summed E-state index contributed by atoms with van der Waals surface area (Å²) in [6, 6.07) is 1.99. The molecule has 0 radical (unpaired) electrons. The minimum absolute atomic E-state index is 0.361. The summed E-state index contributed by atoms with van der Waals surface area (Å²) in [6.45, 7) is 1.49. The first-order chi connectivity index (χ1) is 9.06. The van der Waals surface area contributed by atoms with Crippen LogP contribution in [0.3, 0.4) is 0 Å². The molecule has 100 valence electrons. The van der Waals surface area contributed by atoms with Crippen molar-refractivity contribution in [3.63, 3.8) is 0 Å². The summed E-state index contributed by atoms with van der Waals surface area (Å²) in [5, 5.41) is 14.2. The number of carbonyl (C=O) groups is 1. The summed E-state index contributed by atoms with van der Waals surface area (Å²) in [5.41, 5.74) is 2.68. The second-order valence-electron chi connectivity index (χ2n) is 4.95. The van der Waals surface area contributed by atoms with Crippen molar-refractivity contribution in [2.75, 3.05) is 6.61 Å². The fraction of sp³-hybridized carbons (Fsp3) is 0.462. The Kier molecular flexibility index (Phi) is 2.66. The fourth-order valence-electron chi connectivity index (χ4n) is 2.22. The van der Waals surface area contributed by atoms with E-state index in [-0.39, 0.29) is 6.61 Å². The molecule has 1 fully saturated rings. The van der Waals surface area contributed by atoms with Gasteiger partial charge in [0.15, 0.2) is 12.3 Å². The molecule has 0 aromatic carbocycles. The van der Waals surface area contributed by atoms with Gasteiger partial charge < -0.3 is 9.84 Å². The number of aliphatic carboxylic acids is 1. The smallest absolute Gasteiger partial charge is 0.341 e. The van der Waals surface area contributed by atoms with Gasteiger partial charge in [0.2, 0.25) is 5.88 Å². The van der Waals surface area contributed by atoms with Gasteiger partial charge in [-0.25, -0.2) is 4.79 Å². The lowest BCUT2D eigenvalue weighted by atomic mass is 10.1. The molecule has 0 unspecified atom stereocenters. The second-order valence-corrected chi connectivity index (χ2v) is 4.95. The first-order valence-corrected chi connectivity index (χ1v) is 6.25. The van der Waals surface area contributed by atoms with Crippen molar-refractivity contribution in [2.24, 2.45) is 7.05 Å². The number of nitrogens with zero attached hydrogens (tertiary/aromatic N) is 3. The van der Waals surface area contributed by atoms with Gasteiger partial charge in [0.1, 0.15) is 0 Å². The lowest BCUT2D eigenvalue weighted by Crippen LogP contribution is -2.11. The Balaban J connectivity index is 2.04. The Morgan fingerprint density at radius 2 is 2.32 bits per heavy atom. The summed E-state index contributed by atoms with van der Waals surface area (Å²) in [6.07, 6.45) is 2.37. The second kappa shape index (κ2) is 4.22. The van der Waals surface area contributed by atoms with Crippen molar-refractivity contribution in [1.29, 1.82) is 0 Å². The summed E-state index contributed by atoms with van der Waals surface area (Å²) in [7, 11) is 1.84. The van der Waals surface area contributed by atoms with Crippen LogP contribution in [0.25, 0.3) is 11.0 Å². The Morgan fingerprint density at radius 1 is 1.58 bits per heavy atom. The summed E-state index contributed by atoms with van der Waals surface area (Å²) >= 11 is 0. The first kappa shape index (κ1) is 12.0. The molecule has 6 heteroatoms. The highest BCUT2D eigenvalue weighted by molar-refractivity contribution is 5.81.